The van der Waals surface area contributed by atoms with Crippen molar-refractivity contribution < 1.29 is 9.53 Å². The number of ether oxygens (including phenoxy) is 1. The molecule has 5 heteroatoms. The van der Waals surface area contributed by atoms with Gasteiger partial charge in [0, 0.05) is 18.0 Å². The zero-order valence-corrected chi connectivity index (χ0v) is 14.8. The van der Waals surface area contributed by atoms with Crippen molar-refractivity contribution >= 4 is 17.4 Å². The second kappa shape index (κ2) is 9.78. The molecule has 4 nitrogen and oxygen atoms in total. The molecular formula is C19H24N2O2S. The number of methoxy groups -OCH3 is 1. The molecule has 2 rings (SSSR count). The van der Waals surface area contributed by atoms with E-state index in [1.54, 1.807) is 29.4 Å². The third-order valence-corrected chi connectivity index (χ3v) is 4.50. The van der Waals surface area contributed by atoms with Crippen LogP contribution in [0.15, 0.2) is 54.4 Å². The lowest BCUT2D eigenvalue weighted by atomic mass is 10.1. The first-order valence-electron chi connectivity index (χ1n) is 8.02. The van der Waals surface area contributed by atoms with E-state index in [0.717, 1.165) is 18.6 Å². The molecular weight excluding hydrogens is 320 g/mol. The number of hydrogen-bond acceptors (Lipinski definition) is 3. The Morgan fingerprint density at radius 1 is 1.33 bits per heavy atom. The summed E-state index contributed by atoms with van der Waals surface area (Å²) in [6, 6.07) is 12.0. The summed E-state index contributed by atoms with van der Waals surface area (Å²) in [6.45, 7) is 5.55. The Hall–Kier alpha value is -2.27. The highest BCUT2D eigenvalue weighted by atomic mass is 32.1. The van der Waals surface area contributed by atoms with Gasteiger partial charge in [-0.25, -0.2) is 4.79 Å². The molecule has 0 radical (unpaired) electrons. The first-order chi connectivity index (χ1) is 11.7. The number of nitrogens with one attached hydrogen (secondary N) is 1. The summed E-state index contributed by atoms with van der Waals surface area (Å²) < 4.78 is 5.15. The number of aryl methyl sites for hydroxylation is 1. The summed E-state index contributed by atoms with van der Waals surface area (Å²) >= 11 is 1.66. The molecule has 0 aliphatic carbocycles. The van der Waals surface area contributed by atoms with Gasteiger partial charge in [0.2, 0.25) is 0 Å². The minimum atomic E-state index is -0.0435. The van der Waals surface area contributed by atoms with E-state index in [1.807, 2.05) is 29.6 Å². The number of thiophene rings is 1. The number of nitrogens with zero attached hydrogens (tertiary/aromatic N) is 1. The van der Waals surface area contributed by atoms with Crippen LogP contribution in [0.4, 0.5) is 4.79 Å². The number of carbonyl (C=O) groups is 1. The number of carbonyl (C=O) groups excluding carboxylic acids is 1. The van der Waals surface area contributed by atoms with Gasteiger partial charge in [-0.05, 0) is 42.0 Å². The number of amides is 2. The molecule has 0 saturated carbocycles. The normalized spacial score (nSPS) is 10.2. The van der Waals surface area contributed by atoms with E-state index in [-0.39, 0.29) is 6.03 Å². The molecule has 2 aromatic rings. The molecule has 0 atom stereocenters. The number of urea groups is 1. The molecule has 2 amide bonds. The van der Waals surface area contributed by atoms with Gasteiger partial charge in [0.05, 0.1) is 13.7 Å². The summed E-state index contributed by atoms with van der Waals surface area (Å²) in [7, 11) is 1.66. The van der Waals surface area contributed by atoms with E-state index in [9.17, 15) is 4.79 Å². The molecule has 0 unspecified atom stereocenters. The van der Waals surface area contributed by atoms with Crippen LogP contribution in [-0.4, -0.2) is 31.1 Å². The van der Waals surface area contributed by atoms with Gasteiger partial charge in [-0.1, -0.05) is 24.3 Å². The molecule has 1 N–H and O–H groups in total. The first-order valence-corrected chi connectivity index (χ1v) is 8.90. The summed E-state index contributed by atoms with van der Waals surface area (Å²) in [5, 5.41) is 5.01. The van der Waals surface area contributed by atoms with Gasteiger partial charge in [-0.15, -0.1) is 17.9 Å². The maximum Gasteiger partial charge on any atom is 0.318 e. The number of hydrogen-bond donors (Lipinski definition) is 1. The molecule has 1 heterocycles. The van der Waals surface area contributed by atoms with E-state index in [0.29, 0.717) is 19.6 Å². The van der Waals surface area contributed by atoms with Gasteiger partial charge in [-0.3, -0.25) is 0 Å². The van der Waals surface area contributed by atoms with Crippen molar-refractivity contribution in [2.24, 2.45) is 0 Å². The lowest BCUT2D eigenvalue weighted by molar-refractivity contribution is 0.201. The van der Waals surface area contributed by atoms with Gasteiger partial charge in [0.15, 0.2) is 0 Å². The van der Waals surface area contributed by atoms with Crippen LogP contribution in [0.1, 0.15) is 16.9 Å². The zero-order chi connectivity index (χ0) is 17.2. The van der Waals surface area contributed by atoms with Crippen LogP contribution in [0.3, 0.4) is 0 Å². The maximum atomic E-state index is 12.3. The summed E-state index contributed by atoms with van der Waals surface area (Å²) in [6.07, 6.45) is 3.58. The highest BCUT2D eigenvalue weighted by molar-refractivity contribution is 7.09. The summed E-state index contributed by atoms with van der Waals surface area (Å²) in [5.74, 6) is 0.862. The molecule has 128 valence electrons. The fourth-order valence-corrected chi connectivity index (χ4v) is 3.08. The number of rotatable bonds is 9. The molecule has 0 spiro atoms. The Kier molecular flexibility index (Phi) is 7.36. The summed E-state index contributed by atoms with van der Waals surface area (Å²) in [5.41, 5.74) is 1.24. The Morgan fingerprint density at radius 2 is 2.12 bits per heavy atom. The fourth-order valence-electron chi connectivity index (χ4n) is 2.36. The van der Waals surface area contributed by atoms with Crippen LogP contribution >= 0.6 is 11.3 Å². The van der Waals surface area contributed by atoms with Crippen LogP contribution in [0.25, 0.3) is 0 Å². The van der Waals surface area contributed by atoms with E-state index >= 15 is 0 Å². The Labute approximate surface area is 147 Å². The van der Waals surface area contributed by atoms with Gasteiger partial charge >= 0.3 is 6.03 Å². The van der Waals surface area contributed by atoms with Crippen molar-refractivity contribution in [2.75, 3.05) is 20.2 Å². The average molecular weight is 344 g/mol. The van der Waals surface area contributed by atoms with Crippen molar-refractivity contribution in [1.29, 1.82) is 0 Å². The second-order valence-corrected chi connectivity index (χ2v) is 6.46. The average Bonchev–Trinajstić information content (AvgIpc) is 3.12. The Balaban J connectivity index is 1.74. The van der Waals surface area contributed by atoms with Crippen LogP contribution in [0.5, 0.6) is 5.75 Å². The highest BCUT2D eigenvalue weighted by Gasteiger charge is 2.12. The molecule has 0 saturated heterocycles. The van der Waals surface area contributed by atoms with Crippen molar-refractivity contribution in [3.05, 3.63) is 64.9 Å². The fraction of sp³-hybridized carbons (Fsp3) is 0.316. The Morgan fingerprint density at radius 3 is 2.75 bits per heavy atom. The lowest BCUT2D eigenvalue weighted by Crippen LogP contribution is -2.39. The Bertz CT molecular complexity index is 623. The molecule has 0 fully saturated rings. The lowest BCUT2D eigenvalue weighted by Gasteiger charge is -2.21. The van der Waals surface area contributed by atoms with E-state index in [1.165, 1.54) is 10.4 Å². The smallest absolute Gasteiger partial charge is 0.318 e. The molecule has 24 heavy (non-hydrogen) atoms. The molecule has 1 aromatic carbocycles. The monoisotopic (exact) mass is 344 g/mol. The van der Waals surface area contributed by atoms with Crippen LogP contribution < -0.4 is 10.1 Å². The van der Waals surface area contributed by atoms with Gasteiger partial charge in [-0.2, -0.15) is 0 Å². The van der Waals surface area contributed by atoms with Crippen LogP contribution in [0, 0.1) is 0 Å². The topological polar surface area (TPSA) is 41.6 Å². The van der Waals surface area contributed by atoms with Crippen LogP contribution in [0.2, 0.25) is 0 Å². The van der Waals surface area contributed by atoms with Gasteiger partial charge in [0.1, 0.15) is 5.75 Å². The largest absolute Gasteiger partial charge is 0.497 e. The standard InChI is InChI=1S/C19H24N2O2S/c1-3-13-21(15-18-7-5-14-24-18)19(22)20-12-4-6-16-8-10-17(23-2)11-9-16/h3,5,7-11,14H,1,4,6,12-13,15H2,2H3,(H,20,22). The molecule has 0 aliphatic rings. The van der Waals surface area contributed by atoms with Crippen molar-refractivity contribution in [3.8, 4) is 5.75 Å². The maximum absolute atomic E-state index is 12.3. The highest BCUT2D eigenvalue weighted by Crippen LogP contribution is 2.13. The first kappa shape index (κ1) is 18.1. The third-order valence-electron chi connectivity index (χ3n) is 3.64. The van der Waals surface area contributed by atoms with Crippen molar-refractivity contribution in [3.63, 3.8) is 0 Å². The molecule has 0 aliphatic heterocycles. The van der Waals surface area contributed by atoms with Gasteiger partial charge in [0.25, 0.3) is 0 Å². The predicted molar refractivity (Wildman–Crippen MR) is 99.6 cm³/mol. The zero-order valence-electron chi connectivity index (χ0n) is 14.0. The minimum absolute atomic E-state index is 0.0435. The summed E-state index contributed by atoms with van der Waals surface area (Å²) in [4.78, 5) is 15.3. The van der Waals surface area contributed by atoms with Crippen molar-refractivity contribution in [1.82, 2.24) is 10.2 Å². The third kappa shape index (κ3) is 5.74. The SMILES string of the molecule is C=CCN(Cc1cccs1)C(=O)NCCCc1ccc(OC)cc1. The molecule has 1 aromatic heterocycles. The van der Waals surface area contributed by atoms with Gasteiger partial charge < -0.3 is 15.0 Å². The quantitative estimate of drug-likeness (QED) is 0.550. The van der Waals surface area contributed by atoms with Crippen molar-refractivity contribution in [2.45, 2.75) is 19.4 Å². The van der Waals surface area contributed by atoms with Crippen LogP contribution in [-0.2, 0) is 13.0 Å². The predicted octanol–water partition coefficient (Wildman–Crippen LogP) is 4.09. The molecule has 0 bridgehead atoms. The van der Waals surface area contributed by atoms with E-state index in [2.05, 4.69) is 24.0 Å². The van der Waals surface area contributed by atoms with E-state index in [4.69, 9.17) is 4.74 Å². The number of benzene rings is 1. The van der Waals surface area contributed by atoms with E-state index < -0.39 is 0 Å². The second-order valence-electron chi connectivity index (χ2n) is 5.43. The minimum Gasteiger partial charge on any atom is -0.497 e.